The molecule has 0 aromatic heterocycles. The van der Waals surface area contributed by atoms with Crippen molar-refractivity contribution in [1.82, 2.24) is 20.0 Å². The van der Waals surface area contributed by atoms with Crippen molar-refractivity contribution < 1.29 is 19.2 Å². The van der Waals surface area contributed by atoms with Gasteiger partial charge < -0.3 is 10.2 Å². The molecule has 0 saturated carbocycles. The summed E-state index contributed by atoms with van der Waals surface area (Å²) in [5, 5.41) is 6.72. The largest absolute Gasteiger partial charge is 0.315 e. The molecule has 4 aromatic rings. The molecule has 0 unspecified atom stereocenters. The van der Waals surface area contributed by atoms with Crippen molar-refractivity contribution in [3.63, 3.8) is 0 Å². The summed E-state index contributed by atoms with van der Waals surface area (Å²) >= 11 is 0. The minimum Gasteiger partial charge on any atom is -0.315 e. The minimum atomic E-state index is -0.226. The number of carbonyl (C=O) groups excluding carboxylic acids is 4. The second-order valence-corrected chi connectivity index (χ2v) is 12.4. The van der Waals surface area contributed by atoms with Crippen LogP contribution < -0.4 is 5.32 Å². The van der Waals surface area contributed by atoms with Gasteiger partial charge in [0.15, 0.2) is 0 Å². The molecule has 2 heterocycles. The van der Waals surface area contributed by atoms with Crippen LogP contribution in [0.15, 0.2) is 72.8 Å². The maximum absolute atomic E-state index is 13.1. The monoisotopic (exact) mass is 634 g/mol. The van der Waals surface area contributed by atoms with E-state index in [9.17, 15) is 19.2 Å². The van der Waals surface area contributed by atoms with Crippen molar-refractivity contribution in [2.24, 2.45) is 0 Å². The van der Waals surface area contributed by atoms with E-state index in [-0.39, 0.29) is 23.6 Å². The molecule has 4 amide bonds. The van der Waals surface area contributed by atoms with E-state index in [1.54, 1.807) is 24.3 Å². The van der Waals surface area contributed by atoms with E-state index in [4.69, 9.17) is 0 Å². The highest BCUT2D eigenvalue weighted by molar-refractivity contribution is 6.26. The lowest BCUT2D eigenvalue weighted by Gasteiger charge is -2.28. The first-order valence-corrected chi connectivity index (χ1v) is 17.0. The average molecular weight is 635 g/mol. The molecule has 246 valence electrons. The minimum absolute atomic E-state index is 0.216. The molecule has 1 N–H and O–H groups in total. The van der Waals surface area contributed by atoms with Crippen molar-refractivity contribution in [1.29, 1.82) is 0 Å². The van der Waals surface area contributed by atoms with E-state index < -0.39 is 0 Å². The van der Waals surface area contributed by atoms with Crippen LogP contribution in [0.4, 0.5) is 0 Å². The maximum atomic E-state index is 13.1. The SMILES string of the molecule is CCCC.CN(CCCCCCNCCN1C(=O)c2cccc3cccc(c23)C1=O)CCN1C(=O)c2cccc3cccc(c23)C1=O. The van der Waals surface area contributed by atoms with Crippen molar-refractivity contribution in [2.45, 2.75) is 52.4 Å². The molecule has 8 heteroatoms. The molecule has 47 heavy (non-hydrogen) atoms. The van der Waals surface area contributed by atoms with E-state index in [0.717, 1.165) is 60.3 Å². The number of rotatable bonds is 14. The van der Waals surface area contributed by atoms with Crippen LogP contribution in [0, 0.1) is 0 Å². The topological polar surface area (TPSA) is 90.0 Å². The number of unbranched alkanes of at least 4 members (excludes halogenated alkanes) is 4. The van der Waals surface area contributed by atoms with E-state index >= 15 is 0 Å². The summed E-state index contributed by atoms with van der Waals surface area (Å²) in [6.45, 7) is 7.98. The van der Waals surface area contributed by atoms with E-state index in [2.05, 4.69) is 24.1 Å². The normalized spacial score (nSPS) is 14.0. The van der Waals surface area contributed by atoms with Crippen LogP contribution in [0.2, 0.25) is 0 Å². The molecule has 0 spiro atoms. The van der Waals surface area contributed by atoms with Gasteiger partial charge in [-0.15, -0.1) is 0 Å². The van der Waals surface area contributed by atoms with Crippen LogP contribution in [-0.2, 0) is 0 Å². The summed E-state index contributed by atoms with van der Waals surface area (Å²) in [7, 11) is 2.02. The average Bonchev–Trinajstić information content (AvgIpc) is 3.09. The number of amides is 4. The van der Waals surface area contributed by atoms with Crippen LogP contribution in [0.1, 0.15) is 93.8 Å². The van der Waals surface area contributed by atoms with Gasteiger partial charge in [-0.1, -0.05) is 88.1 Å². The highest BCUT2D eigenvalue weighted by Crippen LogP contribution is 2.31. The lowest BCUT2D eigenvalue weighted by molar-refractivity contribution is 0.0587. The quantitative estimate of drug-likeness (QED) is 0.122. The summed E-state index contributed by atoms with van der Waals surface area (Å²) < 4.78 is 0. The number of hydrogen-bond acceptors (Lipinski definition) is 6. The molecule has 6 rings (SSSR count). The predicted octanol–water partition coefficient (Wildman–Crippen LogP) is 6.77. The molecule has 0 bridgehead atoms. The number of hydrogen-bond donors (Lipinski definition) is 1. The molecule has 2 aliphatic heterocycles. The molecule has 8 nitrogen and oxygen atoms in total. The molecule has 0 saturated heterocycles. The fourth-order valence-electron chi connectivity index (χ4n) is 6.25. The van der Waals surface area contributed by atoms with Crippen molar-refractivity contribution in [3.8, 4) is 0 Å². The van der Waals surface area contributed by atoms with Gasteiger partial charge in [0.2, 0.25) is 0 Å². The first kappa shape index (κ1) is 33.9. The molecular formula is C39H46N4O4. The summed E-state index contributed by atoms with van der Waals surface area (Å²) in [6.07, 6.45) is 6.83. The number of nitrogens with one attached hydrogen (secondary N) is 1. The molecule has 0 fully saturated rings. The zero-order valence-corrected chi connectivity index (χ0v) is 27.9. The van der Waals surface area contributed by atoms with Crippen LogP contribution in [0.25, 0.3) is 21.5 Å². The van der Waals surface area contributed by atoms with Crippen LogP contribution in [0.5, 0.6) is 0 Å². The molecule has 0 aliphatic carbocycles. The van der Waals surface area contributed by atoms with Gasteiger partial charge in [0.25, 0.3) is 23.6 Å². The lowest BCUT2D eigenvalue weighted by Crippen LogP contribution is -2.44. The van der Waals surface area contributed by atoms with Crippen LogP contribution >= 0.6 is 0 Å². The van der Waals surface area contributed by atoms with Gasteiger partial charge in [0.05, 0.1) is 0 Å². The Morgan fingerprint density at radius 1 is 0.532 bits per heavy atom. The van der Waals surface area contributed by atoms with E-state index in [0.29, 0.717) is 48.4 Å². The molecule has 0 radical (unpaired) electrons. The molecular weight excluding hydrogens is 588 g/mol. The Bertz CT molecular complexity index is 1660. The third-order valence-corrected chi connectivity index (χ3v) is 9.07. The Kier molecular flexibility index (Phi) is 11.5. The summed E-state index contributed by atoms with van der Waals surface area (Å²) in [4.78, 5) is 57.1. The Labute approximate surface area is 277 Å². The van der Waals surface area contributed by atoms with Gasteiger partial charge >= 0.3 is 0 Å². The van der Waals surface area contributed by atoms with Gasteiger partial charge in [-0.2, -0.15) is 0 Å². The summed E-state index contributed by atoms with van der Waals surface area (Å²) in [5.41, 5.74) is 2.38. The Hall–Kier alpha value is -4.40. The lowest BCUT2D eigenvalue weighted by atomic mass is 9.94. The van der Waals surface area contributed by atoms with Gasteiger partial charge in [-0.3, -0.25) is 29.0 Å². The summed E-state index contributed by atoms with van der Waals surface area (Å²) in [5.74, 6) is -0.884. The van der Waals surface area contributed by atoms with Crippen molar-refractivity contribution in [3.05, 3.63) is 95.1 Å². The molecule has 4 aromatic carbocycles. The number of carbonyl (C=O) groups is 4. The van der Waals surface area contributed by atoms with Gasteiger partial charge in [-0.25, -0.2) is 0 Å². The number of imide groups is 2. The maximum Gasteiger partial charge on any atom is 0.261 e. The van der Waals surface area contributed by atoms with E-state index in [1.807, 2.05) is 55.6 Å². The third-order valence-electron chi connectivity index (χ3n) is 9.07. The smallest absolute Gasteiger partial charge is 0.261 e. The molecule has 2 aliphatic rings. The predicted molar refractivity (Wildman–Crippen MR) is 188 cm³/mol. The third kappa shape index (κ3) is 7.45. The van der Waals surface area contributed by atoms with Crippen LogP contribution in [0.3, 0.4) is 0 Å². The zero-order chi connectivity index (χ0) is 33.3. The van der Waals surface area contributed by atoms with Crippen molar-refractivity contribution >= 4 is 45.2 Å². The van der Waals surface area contributed by atoms with Gasteiger partial charge in [0, 0.05) is 59.2 Å². The van der Waals surface area contributed by atoms with Gasteiger partial charge in [-0.05, 0) is 68.0 Å². The first-order chi connectivity index (χ1) is 22.9. The fraction of sp³-hybridized carbons (Fsp3) is 0.385. The Morgan fingerprint density at radius 2 is 0.957 bits per heavy atom. The standard InChI is InChI=1S/C35H36N4O4.C4H10/c1-37(22-23-39-34(42)28-16-8-12-25-13-9-17-29(31(25)28)35(39)43)20-5-3-2-4-18-36-19-21-38-32(40)26-14-6-10-24-11-7-15-27(30(24)26)33(38)41;1-3-4-2/h6-17,36H,2-5,18-23H2,1H3;3-4H2,1-2H3. The Morgan fingerprint density at radius 3 is 1.40 bits per heavy atom. The number of benzene rings is 4. The highest BCUT2D eigenvalue weighted by Gasteiger charge is 2.33. The Balaban J connectivity index is 0.00000103. The van der Waals surface area contributed by atoms with Crippen molar-refractivity contribution in [2.75, 3.05) is 46.3 Å². The summed E-state index contributed by atoms with van der Waals surface area (Å²) in [6, 6.07) is 22.4. The van der Waals surface area contributed by atoms with Gasteiger partial charge in [0.1, 0.15) is 0 Å². The van der Waals surface area contributed by atoms with E-state index in [1.165, 1.54) is 22.6 Å². The first-order valence-electron chi connectivity index (χ1n) is 17.0. The second kappa shape index (κ2) is 15.9. The number of nitrogens with zero attached hydrogens (tertiary/aromatic N) is 3. The second-order valence-electron chi connectivity index (χ2n) is 12.4. The highest BCUT2D eigenvalue weighted by atomic mass is 16.2. The fourth-order valence-corrected chi connectivity index (χ4v) is 6.25. The molecule has 0 atom stereocenters. The zero-order valence-electron chi connectivity index (χ0n) is 27.9. The number of likely N-dealkylation sites (N-methyl/N-ethyl adjacent to an activating group) is 1. The van der Waals surface area contributed by atoms with Crippen LogP contribution in [-0.4, -0.2) is 84.6 Å².